The molecule has 1 aliphatic rings. The lowest BCUT2D eigenvalue weighted by Gasteiger charge is -2.17. The predicted molar refractivity (Wildman–Crippen MR) is 63.2 cm³/mol. The van der Waals surface area contributed by atoms with Gasteiger partial charge in [-0.2, -0.15) is 0 Å². The maximum Gasteiger partial charge on any atom is 0.0383 e. The highest BCUT2D eigenvalue weighted by atomic mass is 127. The second-order valence-electron chi connectivity index (χ2n) is 2.83. The molecule has 1 aliphatic heterocycles. The van der Waals surface area contributed by atoms with E-state index in [-0.39, 0.29) is 12.4 Å². The van der Waals surface area contributed by atoms with Gasteiger partial charge in [-0.15, -0.1) is 12.4 Å². The van der Waals surface area contributed by atoms with E-state index in [2.05, 4.69) is 46.1 Å². The number of anilines is 1. The molecule has 0 unspecified atom stereocenters. The molecule has 1 heterocycles. The summed E-state index contributed by atoms with van der Waals surface area (Å²) in [6.45, 7) is 1.13. The Balaban J connectivity index is 0.000000720. The predicted octanol–water partition coefficient (Wildman–Crippen LogP) is 3.07. The molecule has 66 valence electrons. The standard InChI is InChI=1S/C9H10IN.ClH/c10-8-4-3-7-2-1-5-11-9(7)6-8;/h3-4,6,11H,1-2,5H2;1H. The number of benzene rings is 1. The van der Waals surface area contributed by atoms with Crippen molar-refractivity contribution in [3.8, 4) is 0 Å². The first-order valence-electron chi connectivity index (χ1n) is 3.88. The Bertz CT molecular complexity index is 275. The normalized spacial score (nSPS) is 14.1. The molecule has 1 aromatic carbocycles. The lowest BCUT2D eigenvalue weighted by atomic mass is 10.0. The summed E-state index contributed by atoms with van der Waals surface area (Å²) < 4.78 is 1.32. The molecule has 0 saturated heterocycles. The van der Waals surface area contributed by atoms with Crippen LogP contribution in [0.1, 0.15) is 12.0 Å². The average molecular weight is 296 g/mol. The lowest BCUT2D eigenvalue weighted by molar-refractivity contribution is 0.830. The molecular formula is C9H11ClIN. The van der Waals surface area contributed by atoms with Crippen molar-refractivity contribution in [2.24, 2.45) is 0 Å². The van der Waals surface area contributed by atoms with Gasteiger partial charge < -0.3 is 5.32 Å². The van der Waals surface area contributed by atoms with Gasteiger partial charge in [-0.3, -0.25) is 0 Å². The first-order chi connectivity index (χ1) is 5.36. The number of fused-ring (bicyclic) bond motifs is 1. The second kappa shape index (κ2) is 4.33. The summed E-state index contributed by atoms with van der Waals surface area (Å²) in [7, 11) is 0. The summed E-state index contributed by atoms with van der Waals surface area (Å²) in [6.07, 6.45) is 2.51. The Morgan fingerprint density at radius 1 is 1.33 bits per heavy atom. The fourth-order valence-electron chi connectivity index (χ4n) is 1.43. The van der Waals surface area contributed by atoms with E-state index >= 15 is 0 Å². The molecule has 0 aliphatic carbocycles. The van der Waals surface area contributed by atoms with E-state index in [1.54, 1.807) is 0 Å². The molecule has 0 spiro atoms. The van der Waals surface area contributed by atoms with Crippen molar-refractivity contribution in [3.63, 3.8) is 0 Å². The van der Waals surface area contributed by atoms with E-state index in [0.29, 0.717) is 0 Å². The van der Waals surface area contributed by atoms with Crippen molar-refractivity contribution in [3.05, 3.63) is 27.3 Å². The van der Waals surface area contributed by atoms with Crippen LogP contribution in [0.3, 0.4) is 0 Å². The zero-order valence-electron chi connectivity index (χ0n) is 6.64. The molecule has 0 atom stereocenters. The minimum Gasteiger partial charge on any atom is -0.385 e. The summed E-state index contributed by atoms with van der Waals surface area (Å²) in [6, 6.07) is 6.62. The highest BCUT2D eigenvalue weighted by molar-refractivity contribution is 14.1. The quantitative estimate of drug-likeness (QED) is 0.725. The first kappa shape index (κ1) is 10.1. The summed E-state index contributed by atoms with van der Waals surface area (Å²) in [5, 5.41) is 3.40. The SMILES string of the molecule is Cl.Ic1ccc2c(c1)NCCC2. The van der Waals surface area contributed by atoms with Crippen LogP contribution >= 0.6 is 35.0 Å². The fourth-order valence-corrected chi connectivity index (χ4v) is 1.92. The Kier molecular flexibility index (Phi) is 3.65. The van der Waals surface area contributed by atoms with Gasteiger partial charge in [-0.1, -0.05) is 6.07 Å². The van der Waals surface area contributed by atoms with E-state index in [9.17, 15) is 0 Å². The third kappa shape index (κ3) is 2.04. The maximum absolute atomic E-state index is 3.40. The van der Waals surface area contributed by atoms with Gasteiger partial charge in [0.2, 0.25) is 0 Å². The molecule has 0 aromatic heterocycles. The molecule has 0 bridgehead atoms. The molecule has 3 heteroatoms. The zero-order chi connectivity index (χ0) is 7.68. The second-order valence-corrected chi connectivity index (χ2v) is 4.08. The Morgan fingerprint density at radius 2 is 2.17 bits per heavy atom. The van der Waals surface area contributed by atoms with Gasteiger partial charge in [0.1, 0.15) is 0 Å². The number of hydrogen-bond donors (Lipinski definition) is 1. The van der Waals surface area contributed by atoms with Gasteiger partial charge in [0, 0.05) is 15.8 Å². The molecule has 1 nitrogen and oxygen atoms in total. The van der Waals surface area contributed by atoms with Crippen LogP contribution in [0.5, 0.6) is 0 Å². The number of hydrogen-bond acceptors (Lipinski definition) is 1. The minimum absolute atomic E-state index is 0. The van der Waals surface area contributed by atoms with Crippen molar-refractivity contribution >= 4 is 40.7 Å². The van der Waals surface area contributed by atoms with Gasteiger partial charge in [-0.05, 0) is 53.1 Å². The van der Waals surface area contributed by atoms with Crippen LogP contribution in [0, 0.1) is 3.57 Å². The zero-order valence-corrected chi connectivity index (χ0v) is 9.61. The van der Waals surface area contributed by atoms with Crippen LogP contribution in [0.15, 0.2) is 18.2 Å². The third-order valence-corrected chi connectivity index (χ3v) is 2.68. The van der Waals surface area contributed by atoms with E-state index in [0.717, 1.165) is 6.54 Å². The summed E-state index contributed by atoms with van der Waals surface area (Å²) in [5.41, 5.74) is 2.81. The molecule has 0 saturated carbocycles. The van der Waals surface area contributed by atoms with Crippen LogP contribution in [0.4, 0.5) is 5.69 Å². The molecule has 0 fully saturated rings. The molecule has 12 heavy (non-hydrogen) atoms. The van der Waals surface area contributed by atoms with Crippen molar-refractivity contribution in [1.82, 2.24) is 0 Å². The number of rotatable bonds is 0. The summed E-state index contributed by atoms with van der Waals surface area (Å²) in [5.74, 6) is 0. The Morgan fingerprint density at radius 3 is 3.00 bits per heavy atom. The van der Waals surface area contributed by atoms with Gasteiger partial charge in [0.15, 0.2) is 0 Å². The van der Waals surface area contributed by atoms with Gasteiger partial charge in [0.25, 0.3) is 0 Å². The first-order valence-corrected chi connectivity index (χ1v) is 4.96. The van der Waals surface area contributed by atoms with Crippen LogP contribution in [-0.4, -0.2) is 6.54 Å². The van der Waals surface area contributed by atoms with Crippen LogP contribution in [0.25, 0.3) is 0 Å². The van der Waals surface area contributed by atoms with Crippen LogP contribution < -0.4 is 5.32 Å². The van der Waals surface area contributed by atoms with Crippen molar-refractivity contribution in [1.29, 1.82) is 0 Å². The van der Waals surface area contributed by atoms with Crippen LogP contribution in [0.2, 0.25) is 0 Å². The Hall–Kier alpha value is 0.0400. The highest BCUT2D eigenvalue weighted by Gasteiger charge is 2.06. The number of nitrogens with one attached hydrogen (secondary N) is 1. The maximum atomic E-state index is 3.40. The van der Waals surface area contributed by atoms with Crippen molar-refractivity contribution in [2.45, 2.75) is 12.8 Å². The molecule has 2 rings (SSSR count). The lowest BCUT2D eigenvalue weighted by Crippen LogP contribution is -2.11. The van der Waals surface area contributed by atoms with Crippen molar-refractivity contribution < 1.29 is 0 Å². The minimum atomic E-state index is 0. The largest absolute Gasteiger partial charge is 0.385 e. The monoisotopic (exact) mass is 295 g/mol. The highest BCUT2D eigenvalue weighted by Crippen LogP contribution is 2.23. The van der Waals surface area contributed by atoms with Crippen molar-refractivity contribution in [2.75, 3.05) is 11.9 Å². The topological polar surface area (TPSA) is 12.0 Å². The van der Waals surface area contributed by atoms with Gasteiger partial charge in [-0.25, -0.2) is 0 Å². The smallest absolute Gasteiger partial charge is 0.0383 e. The molecule has 1 N–H and O–H groups in total. The molecular weight excluding hydrogens is 284 g/mol. The molecule has 0 amide bonds. The molecule has 0 radical (unpaired) electrons. The van der Waals surface area contributed by atoms with E-state index in [1.165, 1.54) is 27.7 Å². The summed E-state index contributed by atoms with van der Waals surface area (Å²) >= 11 is 2.35. The van der Waals surface area contributed by atoms with E-state index in [4.69, 9.17) is 0 Å². The van der Waals surface area contributed by atoms with E-state index in [1.807, 2.05) is 0 Å². The Labute approximate surface area is 92.5 Å². The fraction of sp³-hybridized carbons (Fsp3) is 0.333. The average Bonchev–Trinajstić information content (AvgIpc) is 2.04. The van der Waals surface area contributed by atoms with E-state index < -0.39 is 0 Å². The van der Waals surface area contributed by atoms with Gasteiger partial charge >= 0.3 is 0 Å². The number of halogens is 2. The number of aryl methyl sites for hydroxylation is 1. The van der Waals surface area contributed by atoms with Gasteiger partial charge in [0.05, 0.1) is 0 Å². The van der Waals surface area contributed by atoms with Crippen LogP contribution in [-0.2, 0) is 6.42 Å². The molecule has 1 aromatic rings. The summed E-state index contributed by atoms with van der Waals surface area (Å²) in [4.78, 5) is 0. The third-order valence-electron chi connectivity index (χ3n) is 2.01.